The van der Waals surface area contributed by atoms with Crippen molar-refractivity contribution in [1.82, 2.24) is 20.0 Å². The molecule has 2 aliphatic rings. The van der Waals surface area contributed by atoms with Crippen molar-refractivity contribution in [3.8, 4) is 17.6 Å². The second-order valence-corrected chi connectivity index (χ2v) is 16.9. The summed E-state index contributed by atoms with van der Waals surface area (Å²) in [7, 11) is 1.32. The highest BCUT2D eigenvalue weighted by atomic mass is 31.2. The maximum atomic E-state index is 13.6. The number of methoxy groups -OCH3 is 2. The van der Waals surface area contributed by atoms with Crippen molar-refractivity contribution in [3.05, 3.63) is 129 Å². The van der Waals surface area contributed by atoms with Crippen molar-refractivity contribution >= 4 is 14.4 Å². The van der Waals surface area contributed by atoms with Crippen molar-refractivity contribution < 1.29 is 37.5 Å². The van der Waals surface area contributed by atoms with E-state index in [1.54, 1.807) is 14.2 Å². The van der Waals surface area contributed by atoms with Crippen LogP contribution in [0.4, 0.5) is 0 Å². The fourth-order valence-electron chi connectivity index (χ4n) is 7.92. The van der Waals surface area contributed by atoms with Crippen LogP contribution in [0.3, 0.4) is 0 Å². The van der Waals surface area contributed by atoms with E-state index in [1.165, 1.54) is 23.3 Å². The predicted octanol–water partition coefficient (Wildman–Crippen LogP) is 6.61. The molecule has 3 N–H and O–H groups in total. The molecule has 1 amide bonds. The quantitative estimate of drug-likeness (QED) is 0.0491. The molecule has 2 fully saturated rings. The number of aromatic amines is 1. The van der Waals surface area contributed by atoms with Crippen LogP contribution in [-0.2, 0) is 33.7 Å². The molecule has 3 aromatic carbocycles. The van der Waals surface area contributed by atoms with Crippen molar-refractivity contribution in [3.63, 3.8) is 0 Å². The molecule has 4 aromatic rings. The zero-order valence-corrected chi connectivity index (χ0v) is 36.7. The number of nitriles is 1. The number of H-pyrrole nitrogens is 1. The van der Waals surface area contributed by atoms with Gasteiger partial charge in [-0.05, 0) is 67.6 Å². The molecule has 0 radical (unpaired) electrons. The van der Waals surface area contributed by atoms with Crippen LogP contribution in [0.2, 0.25) is 0 Å². The first-order valence-corrected chi connectivity index (χ1v) is 22.4. The average Bonchev–Trinajstić information content (AvgIpc) is 3.60. The topological polar surface area (TPSA) is 184 Å². The molecule has 1 aliphatic heterocycles. The Bertz CT molecular complexity index is 2110. The van der Waals surface area contributed by atoms with Crippen molar-refractivity contribution in [2.75, 3.05) is 34.0 Å². The predicted molar refractivity (Wildman–Crippen MR) is 234 cm³/mol. The van der Waals surface area contributed by atoms with Crippen molar-refractivity contribution in [2.24, 2.45) is 0 Å². The highest BCUT2D eigenvalue weighted by Gasteiger charge is 2.51. The summed E-state index contributed by atoms with van der Waals surface area (Å²) in [6.45, 7) is 3.46. The SMILES string of the molecule is COc1ccc(C(OC[C@H]2O[C@@H](n3ccc(=O)[nH]c3=O)C(OCC(=O)NC3CCCCCCC3)C2OP(NC(C)C)OCCC#N)(c2ccccc2)c2ccc(OC)cc2)cc1. The van der Waals surface area contributed by atoms with E-state index in [1.807, 2.05) is 92.7 Å². The molecule has 0 spiro atoms. The summed E-state index contributed by atoms with van der Waals surface area (Å²) in [6, 6.07) is 28.3. The number of rotatable bonds is 20. The van der Waals surface area contributed by atoms with Crippen LogP contribution in [0, 0.1) is 11.3 Å². The van der Waals surface area contributed by atoms with Gasteiger partial charge in [0.05, 0.1) is 39.9 Å². The number of ether oxygens (including phenoxy) is 5. The highest BCUT2D eigenvalue weighted by Crippen LogP contribution is 2.46. The summed E-state index contributed by atoms with van der Waals surface area (Å²) in [4.78, 5) is 41.7. The number of nitrogens with zero attached hydrogens (tertiary/aromatic N) is 2. The average molecular weight is 872 g/mol. The first-order valence-electron chi connectivity index (χ1n) is 21.2. The van der Waals surface area contributed by atoms with E-state index in [2.05, 4.69) is 21.5 Å². The molecule has 1 saturated heterocycles. The number of hydrogen-bond acceptors (Lipinski definition) is 12. The molecule has 1 saturated carbocycles. The number of benzene rings is 3. The molecule has 1 aromatic heterocycles. The first kappa shape index (κ1) is 46.6. The van der Waals surface area contributed by atoms with Crippen LogP contribution < -0.4 is 31.1 Å². The molecule has 5 atom stereocenters. The van der Waals surface area contributed by atoms with Crippen LogP contribution >= 0.6 is 8.53 Å². The van der Waals surface area contributed by atoms with Gasteiger partial charge in [-0.1, -0.05) is 86.7 Å². The molecule has 3 unspecified atom stereocenters. The Kier molecular flexibility index (Phi) is 17.3. The van der Waals surface area contributed by atoms with Gasteiger partial charge < -0.3 is 38.0 Å². The minimum absolute atomic E-state index is 0.0238. The highest BCUT2D eigenvalue weighted by molar-refractivity contribution is 7.45. The number of aromatic nitrogens is 2. The lowest BCUT2D eigenvalue weighted by atomic mass is 9.80. The van der Waals surface area contributed by atoms with Gasteiger partial charge in [0, 0.05) is 24.3 Å². The number of carbonyl (C=O) groups excluding carboxylic acids is 1. The summed E-state index contributed by atoms with van der Waals surface area (Å²) in [6.07, 6.45) is 4.49. The molecule has 6 rings (SSSR count). The molecule has 0 bridgehead atoms. The lowest BCUT2D eigenvalue weighted by molar-refractivity contribution is -0.133. The monoisotopic (exact) mass is 871 g/mol. The first-order chi connectivity index (χ1) is 30.1. The Hall–Kier alpha value is -4.91. The summed E-state index contributed by atoms with van der Waals surface area (Å²) in [5.74, 6) is 1.01. The Morgan fingerprint density at radius 1 is 0.887 bits per heavy atom. The third-order valence-corrected chi connectivity index (χ3v) is 12.5. The summed E-state index contributed by atoms with van der Waals surface area (Å²) in [5.41, 5.74) is -0.213. The van der Waals surface area contributed by atoms with E-state index < -0.39 is 49.9 Å². The summed E-state index contributed by atoms with van der Waals surface area (Å²) >= 11 is 0. The number of carbonyl (C=O) groups is 1. The van der Waals surface area contributed by atoms with Gasteiger partial charge in [0.2, 0.25) is 5.91 Å². The standard InChI is InChI=1S/C46H58N5O10P/c1-32(2)50-62(59-29-13-27-47)61-42-39(60-44(51-28-26-40(52)49-45(51)54)43(42)57-31-41(53)48-36-16-11-6-5-7-12-17-36)30-58-46(33-14-9-8-10-15-33,34-18-22-37(55-3)23-19-34)35-20-24-38(56-4)25-21-35/h8-10,14-15,18-26,28,32,36,39,42-44,50H,5-7,11-13,16-17,29-31H2,1-4H3,(H,48,53)(H,49,52,54)/t39-,42?,43?,44-,62?/m1/s1. The minimum atomic E-state index is -1.89. The van der Waals surface area contributed by atoms with E-state index in [0.717, 1.165) is 55.2 Å². The van der Waals surface area contributed by atoms with E-state index in [-0.39, 0.29) is 44.2 Å². The number of amides is 1. The fraction of sp³-hybridized carbons (Fsp3) is 0.478. The Labute approximate surface area is 363 Å². The van der Waals surface area contributed by atoms with E-state index in [9.17, 15) is 19.6 Å². The Morgan fingerprint density at radius 3 is 2.08 bits per heavy atom. The van der Waals surface area contributed by atoms with E-state index in [4.69, 9.17) is 32.7 Å². The zero-order chi connectivity index (χ0) is 43.9. The van der Waals surface area contributed by atoms with Crippen molar-refractivity contribution in [2.45, 2.75) is 107 Å². The molecular formula is C46H58N5O10P. The summed E-state index contributed by atoms with van der Waals surface area (Å²) < 4.78 is 45.8. The van der Waals surface area contributed by atoms with E-state index in [0.29, 0.717) is 11.5 Å². The van der Waals surface area contributed by atoms with Crippen LogP contribution in [0.25, 0.3) is 0 Å². The smallest absolute Gasteiger partial charge is 0.330 e. The van der Waals surface area contributed by atoms with Gasteiger partial charge in [-0.25, -0.2) is 9.88 Å². The van der Waals surface area contributed by atoms with Crippen LogP contribution in [0.15, 0.2) is 101 Å². The Morgan fingerprint density at radius 2 is 1.50 bits per heavy atom. The second-order valence-electron chi connectivity index (χ2n) is 15.6. The zero-order valence-electron chi connectivity index (χ0n) is 35.8. The van der Waals surface area contributed by atoms with Gasteiger partial charge in [0.1, 0.15) is 42.0 Å². The van der Waals surface area contributed by atoms with Gasteiger partial charge in [-0.15, -0.1) is 0 Å². The van der Waals surface area contributed by atoms with Gasteiger partial charge in [-0.3, -0.25) is 19.1 Å². The van der Waals surface area contributed by atoms with Gasteiger partial charge >= 0.3 is 5.69 Å². The van der Waals surface area contributed by atoms with Crippen molar-refractivity contribution in [1.29, 1.82) is 5.26 Å². The molecular weight excluding hydrogens is 814 g/mol. The molecule has 15 nitrogen and oxygen atoms in total. The third-order valence-electron chi connectivity index (χ3n) is 10.9. The lowest BCUT2D eigenvalue weighted by Crippen LogP contribution is -2.44. The van der Waals surface area contributed by atoms with E-state index >= 15 is 0 Å². The van der Waals surface area contributed by atoms with Crippen LogP contribution in [0.5, 0.6) is 11.5 Å². The minimum Gasteiger partial charge on any atom is -0.497 e. The summed E-state index contributed by atoms with van der Waals surface area (Å²) in [5, 5.41) is 15.8. The molecule has 16 heteroatoms. The molecule has 2 heterocycles. The lowest BCUT2D eigenvalue weighted by Gasteiger charge is -2.37. The fourth-order valence-corrected chi connectivity index (χ4v) is 9.27. The second kappa shape index (κ2) is 23.0. The molecule has 62 heavy (non-hydrogen) atoms. The van der Waals surface area contributed by atoms with Crippen LogP contribution in [0.1, 0.15) is 88.1 Å². The van der Waals surface area contributed by atoms with Crippen LogP contribution in [-0.4, -0.2) is 79.9 Å². The van der Waals surface area contributed by atoms with Gasteiger partial charge in [0.25, 0.3) is 14.1 Å². The maximum absolute atomic E-state index is 13.6. The third kappa shape index (κ3) is 12.0. The largest absolute Gasteiger partial charge is 0.497 e. The maximum Gasteiger partial charge on any atom is 0.330 e. The Balaban J connectivity index is 1.42. The normalized spacial score (nSPS) is 20.2. The number of hydrogen-bond donors (Lipinski definition) is 3. The van der Waals surface area contributed by atoms with Gasteiger partial charge in [0.15, 0.2) is 6.23 Å². The van der Waals surface area contributed by atoms with Gasteiger partial charge in [-0.2, -0.15) is 5.26 Å². The number of nitrogens with one attached hydrogen (secondary N) is 3. The molecule has 1 aliphatic carbocycles. The molecule has 332 valence electrons.